The number of hydrogen-bond acceptors (Lipinski definition) is 5. The van der Waals surface area contributed by atoms with E-state index in [1.807, 2.05) is 42.5 Å². The smallest absolute Gasteiger partial charge is 0.227 e. The quantitative estimate of drug-likeness (QED) is 0.632. The number of nitrogens with one attached hydrogen (secondary N) is 1. The fraction of sp³-hybridized carbons (Fsp3) is 0.417. The number of nitriles is 1. The van der Waals surface area contributed by atoms with Gasteiger partial charge in [-0.2, -0.15) is 5.26 Å². The van der Waals surface area contributed by atoms with Gasteiger partial charge in [0.25, 0.3) is 0 Å². The zero-order valence-corrected chi connectivity index (χ0v) is 17.6. The first-order valence-electron chi connectivity index (χ1n) is 10.8. The fourth-order valence-electron chi connectivity index (χ4n) is 3.61. The number of carbonyl (C=O) groups is 2. The largest absolute Gasteiger partial charge is 0.474 e. The highest BCUT2D eigenvalue weighted by Crippen LogP contribution is 2.23. The van der Waals surface area contributed by atoms with Gasteiger partial charge in [-0.05, 0) is 49.4 Å². The van der Waals surface area contributed by atoms with Crippen LogP contribution in [-0.2, 0) is 16.1 Å². The highest BCUT2D eigenvalue weighted by Gasteiger charge is 2.18. The molecule has 162 valence electrons. The fourth-order valence-corrected chi connectivity index (χ4v) is 3.61. The van der Waals surface area contributed by atoms with Crippen molar-refractivity contribution in [2.24, 2.45) is 0 Å². The van der Waals surface area contributed by atoms with Gasteiger partial charge in [0.2, 0.25) is 17.7 Å². The second-order valence-corrected chi connectivity index (χ2v) is 7.59. The Morgan fingerprint density at radius 3 is 2.68 bits per heavy atom. The number of hydrogen-bond donors (Lipinski definition) is 1. The minimum absolute atomic E-state index is 0.0819. The van der Waals surface area contributed by atoms with Crippen LogP contribution < -0.4 is 15.0 Å². The van der Waals surface area contributed by atoms with E-state index in [2.05, 4.69) is 16.4 Å². The molecule has 0 bridgehead atoms. The molecule has 0 spiro atoms. The zero-order chi connectivity index (χ0) is 21.9. The van der Waals surface area contributed by atoms with E-state index < -0.39 is 0 Å². The van der Waals surface area contributed by atoms with Crippen molar-refractivity contribution >= 4 is 17.5 Å². The molecule has 1 heterocycles. The summed E-state index contributed by atoms with van der Waals surface area (Å²) in [5.74, 6) is 0.217. The first-order chi connectivity index (χ1) is 15.2. The minimum Gasteiger partial charge on any atom is -0.474 e. The Hall–Kier alpha value is -3.40. The van der Waals surface area contributed by atoms with Gasteiger partial charge < -0.3 is 15.0 Å². The van der Waals surface area contributed by atoms with Gasteiger partial charge in [-0.15, -0.1) is 0 Å². The number of benzene rings is 1. The molecule has 1 N–H and O–H groups in total. The predicted molar refractivity (Wildman–Crippen MR) is 117 cm³/mol. The number of aromatic nitrogens is 1. The van der Waals surface area contributed by atoms with E-state index in [0.717, 1.165) is 24.1 Å². The molecule has 0 atom stereocenters. The van der Waals surface area contributed by atoms with Gasteiger partial charge in [-0.25, -0.2) is 4.98 Å². The Bertz CT molecular complexity index is 905. The van der Waals surface area contributed by atoms with Crippen LogP contribution in [0.3, 0.4) is 0 Å². The van der Waals surface area contributed by atoms with Crippen LogP contribution in [-0.4, -0.2) is 29.4 Å². The van der Waals surface area contributed by atoms with E-state index in [4.69, 9.17) is 10.00 Å². The lowest BCUT2D eigenvalue weighted by Crippen LogP contribution is -2.33. The van der Waals surface area contributed by atoms with Crippen LogP contribution in [0.5, 0.6) is 5.88 Å². The molecule has 0 saturated heterocycles. The molecule has 0 radical (unpaired) electrons. The highest BCUT2D eigenvalue weighted by molar-refractivity contribution is 5.95. The molecule has 7 nitrogen and oxygen atoms in total. The summed E-state index contributed by atoms with van der Waals surface area (Å²) in [6.07, 6.45) is 6.83. The standard InChI is InChI=1S/C24H28N4O3/c25-14-6-16-28(20-7-2-1-3-8-20)24(30)12-11-22(29)27-18-19-13-15-26-23(17-19)31-21-9-4-5-10-21/h1-3,7-8,13,15,17,21H,4-6,9-12,16,18H2,(H,27,29). The number of rotatable bonds is 10. The maximum absolute atomic E-state index is 12.6. The van der Waals surface area contributed by atoms with Gasteiger partial charge in [0.1, 0.15) is 6.10 Å². The Morgan fingerprint density at radius 1 is 1.16 bits per heavy atom. The average molecular weight is 421 g/mol. The third-order valence-electron chi connectivity index (χ3n) is 5.26. The number of anilines is 1. The van der Waals surface area contributed by atoms with Crippen molar-refractivity contribution in [1.82, 2.24) is 10.3 Å². The Morgan fingerprint density at radius 2 is 1.94 bits per heavy atom. The molecular weight excluding hydrogens is 392 g/mol. The molecule has 1 saturated carbocycles. The zero-order valence-electron chi connectivity index (χ0n) is 17.6. The minimum atomic E-state index is -0.197. The molecular formula is C24H28N4O3. The van der Waals surface area contributed by atoms with Crippen molar-refractivity contribution < 1.29 is 14.3 Å². The maximum Gasteiger partial charge on any atom is 0.227 e. The van der Waals surface area contributed by atoms with E-state index in [-0.39, 0.29) is 37.2 Å². The Kier molecular flexibility index (Phi) is 8.41. The lowest BCUT2D eigenvalue weighted by molar-refractivity contribution is -0.125. The molecule has 1 aromatic heterocycles. The van der Waals surface area contributed by atoms with E-state index in [1.165, 1.54) is 12.8 Å². The predicted octanol–water partition coefficient (Wildman–Crippen LogP) is 3.75. The number of ether oxygens (including phenoxy) is 1. The number of para-hydroxylation sites is 1. The molecule has 0 aliphatic heterocycles. The lowest BCUT2D eigenvalue weighted by Gasteiger charge is -2.21. The normalized spacial score (nSPS) is 13.4. The van der Waals surface area contributed by atoms with Gasteiger partial charge in [-0.1, -0.05) is 18.2 Å². The van der Waals surface area contributed by atoms with Crippen LogP contribution in [0.1, 0.15) is 50.5 Å². The molecule has 2 amide bonds. The van der Waals surface area contributed by atoms with Crippen molar-refractivity contribution in [3.8, 4) is 11.9 Å². The molecule has 0 unspecified atom stereocenters. The second kappa shape index (κ2) is 11.7. The van der Waals surface area contributed by atoms with Crippen LogP contribution in [0.4, 0.5) is 5.69 Å². The van der Waals surface area contributed by atoms with Crippen molar-refractivity contribution in [1.29, 1.82) is 5.26 Å². The van der Waals surface area contributed by atoms with Gasteiger partial charge >= 0.3 is 0 Å². The van der Waals surface area contributed by atoms with Crippen LogP contribution in [0.2, 0.25) is 0 Å². The van der Waals surface area contributed by atoms with E-state index >= 15 is 0 Å². The van der Waals surface area contributed by atoms with Crippen LogP contribution in [0, 0.1) is 11.3 Å². The lowest BCUT2D eigenvalue weighted by atomic mass is 10.2. The molecule has 1 aliphatic carbocycles. The van der Waals surface area contributed by atoms with Crippen molar-refractivity contribution in [3.05, 3.63) is 54.2 Å². The Labute approximate surface area is 183 Å². The second-order valence-electron chi connectivity index (χ2n) is 7.59. The summed E-state index contributed by atoms with van der Waals surface area (Å²) in [5, 5.41) is 11.7. The first-order valence-corrected chi connectivity index (χ1v) is 10.8. The molecule has 31 heavy (non-hydrogen) atoms. The van der Waals surface area contributed by atoms with Gasteiger partial charge in [0.15, 0.2) is 0 Å². The van der Waals surface area contributed by atoms with Crippen LogP contribution in [0.15, 0.2) is 48.7 Å². The van der Waals surface area contributed by atoms with Gasteiger partial charge in [0.05, 0.1) is 12.5 Å². The SMILES string of the molecule is N#CCCN(C(=O)CCC(=O)NCc1ccnc(OC2CCCC2)c1)c1ccccc1. The summed E-state index contributed by atoms with van der Waals surface area (Å²) < 4.78 is 5.91. The summed E-state index contributed by atoms with van der Waals surface area (Å²) >= 11 is 0. The molecule has 7 heteroatoms. The summed E-state index contributed by atoms with van der Waals surface area (Å²) in [6, 6.07) is 15.0. The number of carbonyl (C=O) groups excluding carboxylic acids is 2. The van der Waals surface area contributed by atoms with E-state index in [9.17, 15) is 9.59 Å². The third-order valence-corrected chi connectivity index (χ3v) is 5.26. The third kappa shape index (κ3) is 7.10. The maximum atomic E-state index is 12.6. The highest BCUT2D eigenvalue weighted by atomic mass is 16.5. The van der Waals surface area contributed by atoms with Crippen LogP contribution in [0.25, 0.3) is 0 Å². The number of pyridine rings is 1. The summed E-state index contributed by atoms with van der Waals surface area (Å²) in [4.78, 5) is 30.7. The molecule has 1 aromatic carbocycles. The molecule has 2 aromatic rings. The topological polar surface area (TPSA) is 95.3 Å². The van der Waals surface area contributed by atoms with Crippen LogP contribution >= 0.6 is 0 Å². The summed E-state index contributed by atoms with van der Waals surface area (Å²) in [5.41, 5.74) is 1.64. The summed E-state index contributed by atoms with van der Waals surface area (Å²) in [7, 11) is 0. The number of nitrogens with zero attached hydrogens (tertiary/aromatic N) is 3. The first kappa shape index (κ1) is 22.3. The Balaban J connectivity index is 1.47. The van der Waals surface area contributed by atoms with Crippen molar-refractivity contribution in [2.75, 3.05) is 11.4 Å². The summed E-state index contributed by atoms with van der Waals surface area (Å²) in [6.45, 7) is 0.662. The van der Waals surface area contributed by atoms with Crippen molar-refractivity contribution in [3.63, 3.8) is 0 Å². The van der Waals surface area contributed by atoms with Gasteiger partial charge in [-0.3, -0.25) is 9.59 Å². The molecule has 1 fully saturated rings. The van der Waals surface area contributed by atoms with E-state index in [1.54, 1.807) is 11.1 Å². The van der Waals surface area contributed by atoms with Gasteiger partial charge in [0, 0.05) is 43.9 Å². The molecule has 3 rings (SSSR count). The van der Waals surface area contributed by atoms with E-state index in [0.29, 0.717) is 19.0 Å². The number of amides is 2. The van der Waals surface area contributed by atoms with Crippen molar-refractivity contribution in [2.45, 2.75) is 57.6 Å². The molecule has 1 aliphatic rings. The monoisotopic (exact) mass is 420 g/mol. The average Bonchev–Trinajstić information content (AvgIpc) is 3.30.